The maximum absolute atomic E-state index is 5.67. The van der Waals surface area contributed by atoms with E-state index in [2.05, 4.69) is 25.7 Å². The fourth-order valence-electron chi connectivity index (χ4n) is 2.72. The highest BCUT2D eigenvalue weighted by atomic mass is 16.3. The van der Waals surface area contributed by atoms with E-state index in [1.165, 1.54) is 0 Å². The van der Waals surface area contributed by atoms with Crippen LogP contribution in [0, 0.1) is 6.92 Å². The molecule has 4 rings (SSSR count). The van der Waals surface area contributed by atoms with Gasteiger partial charge in [-0.05, 0) is 31.2 Å². The number of aryl methyl sites for hydroxylation is 1. The highest BCUT2D eigenvalue weighted by Gasteiger charge is 2.12. The fraction of sp³-hybridized carbons (Fsp3) is 0.167. The molecular weight excluding hydrogens is 316 g/mol. The lowest BCUT2D eigenvalue weighted by atomic mass is 10.2. The summed E-state index contributed by atoms with van der Waals surface area (Å²) in [5, 5.41) is 18.7. The van der Waals surface area contributed by atoms with Crippen molar-refractivity contribution in [3.63, 3.8) is 0 Å². The summed E-state index contributed by atoms with van der Waals surface area (Å²) < 4.78 is 7.64. The first kappa shape index (κ1) is 15.3. The second-order valence-electron chi connectivity index (χ2n) is 5.74. The van der Waals surface area contributed by atoms with E-state index in [1.807, 2.05) is 60.2 Å². The molecule has 0 aliphatic rings. The number of nitrogens with zero attached hydrogens (tertiary/aromatic N) is 4. The zero-order valence-corrected chi connectivity index (χ0v) is 13.8. The smallest absolute Gasteiger partial charge is 0.152 e. The van der Waals surface area contributed by atoms with E-state index < -0.39 is 0 Å². The predicted molar refractivity (Wildman–Crippen MR) is 92.9 cm³/mol. The summed E-state index contributed by atoms with van der Waals surface area (Å²) in [5.74, 6) is 2.52. The van der Waals surface area contributed by atoms with Gasteiger partial charge in [0.2, 0.25) is 0 Å². The van der Waals surface area contributed by atoms with Gasteiger partial charge in [-0.3, -0.25) is 9.67 Å². The molecule has 0 amide bonds. The molecule has 7 nitrogen and oxygen atoms in total. The molecule has 0 aliphatic carbocycles. The Balaban J connectivity index is 1.45. The number of H-pyrrole nitrogens is 1. The molecule has 3 aromatic heterocycles. The van der Waals surface area contributed by atoms with E-state index in [1.54, 1.807) is 6.33 Å². The van der Waals surface area contributed by atoms with Gasteiger partial charge in [-0.2, -0.15) is 5.10 Å². The van der Waals surface area contributed by atoms with Gasteiger partial charge in [0.05, 0.1) is 12.7 Å². The lowest BCUT2D eigenvalue weighted by Crippen LogP contribution is -2.16. The van der Waals surface area contributed by atoms with Gasteiger partial charge in [-0.25, -0.2) is 0 Å². The molecule has 126 valence electrons. The molecule has 2 N–H and O–H groups in total. The Morgan fingerprint density at radius 2 is 2.00 bits per heavy atom. The summed E-state index contributed by atoms with van der Waals surface area (Å²) in [6.07, 6.45) is 3.53. The number of aromatic amines is 1. The average molecular weight is 334 g/mol. The Hall–Kier alpha value is -3.19. The number of rotatable bonds is 6. The molecule has 0 radical (unpaired) electrons. The molecule has 0 unspecified atom stereocenters. The van der Waals surface area contributed by atoms with Gasteiger partial charge in [0.25, 0.3) is 0 Å². The largest absolute Gasteiger partial charge is 0.460 e. The molecule has 4 aromatic rings. The second-order valence-corrected chi connectivity index (χ2v) is 5.74. The summed E-state index contributed by atoms with van der Waals surface area (Å²) in [7, 11) is 0. The van der Waals surface area contributed by atoms with Crippen LogP contribution in [0.3, 0.4) is 0 Å². The van der Waals surface area contributed by atoms with Crippen molar-refractivity contribution in [1.29, 1.82) is 0 Å². The Morgan fingerprint density at radius 1 is 1.12 bits per heavy atom. The van der Waals surface area contributed by atoms with Crippen molar-refractivity contribution >= 4 is 0 Å². The molecule has 0 saturated heterocycles. The van der Waals surface area contributed by atoms with Crippen LogP contribution in [-0.4, -0.2) is 25.0 Å². The van der Waals surface area contributed by atoms with Crippen LogP contribution >= 0.6 is 0 Å². The summed E-state index contributed by atoms with van der Waals surface area (Å²) in [6.45, 7) is 3.16. The summed E-state index contributed by atoms with van der Waals surface area (Å²) in [5.41, 5.74) is 2.98. The highest BCUT2D eigenvalue weighted by molar-refractivity contribution is 5.56. The van der Waals surface area contributed by atoms with E-state index in [4.69, 9.17) is 4.42 Å². The van der Waals surface area contributed by atoms with Crippen LogP contribution in [0.15, 0.2) is 59.4 Å². The Bertz CT molecular complexity index is 953. The summed E-state index contributed by atoms with van der Waals surface area (Å²) in [4.78, 5) is 0. The Kier molecular flexibility index (Phi) is 4.14. The summed E-state index contributed by atoms with van der Waals surface area (Å²) >= 11 is 0. The van der Waals surface area contributed by atoms with Gasteiger partial charge in [0, 0.05) is 17.8 Å². The molecule has 25 heavy (non-hydrogen) atoms. The van der Waals surface area contributed by atoms with E-state index in [0.717, 1.165) is 34.3 Å². The van der Waals surface area contributed by atoms with Crippen molar-refractivity contribution in [2.75, 3.05) is 0 Å². The van der Waals surface area contributed by atoms with Crippen LogP contribution in [0.1, 0.15) is 17.1 Å². The molecule has 0 saturated carbocycles. The van der Waals surface area contributed by atoms with Gasteiger partial charge in [0.15, 0.2) is 11.6 Å². The van der Waals surface area contributed by atoms with Crippen LogP contribution < -0.4 is 5.32 Å². The van der Waals surface area contributed by atoms with Crippen molar-refractivity contribution in [3.8, 4) is 17.1 Å². The monoisotopic (exact) mass is 334 g/mol. The molecule has 0 bridgehead atoms. The molecule has 3 heterocycles. The molecule has 7 heteroatoms. The standard InChI is InChI=1S/C18H18N6O/c1-13-7-8-16(25-13)18-14(10-20-23-18)9-19-11-17-22-21-12-24(17)15-5-3-2-4-6-15/h2-8,10,12,19H,9,11H2,1H3,(H,20,23). The van der Waals surface area contributed by atoms with E-state index in [9.17, 15) is 0 Å². The van der Waals surface area contributed by atoms with Crippen molar-refractivity contribution in [3.05, 3.63) is 72.1 Å². The topological polar surface area (TPSA) is 84.6 Å². The first-order valence-electron chi connectivity index (χ1n) is 8.05. The predicted octanol–water partition coefficient (Wildman–Crippen LogP) is 2.85. The van der Waals surface area contributed by atoms with E-state index >= 15 is 0 Å². The second kappa shape index (κ2) is 6.74. The first-order valence-corrected chi connectivity index (χ1v) is 8.05. The number of hydrogen-bond donors (Lipinski definition) is 2. The number of para-hydroxylation sites is 1. The van der Waals surface area contributed by atoms with Crippen molar-refractivity contribution < 1.29 is 4.42 Å². The van der Waals surface area contributed by atoms with Crippen LogP contribution in [0.5, 0.6) is 0 Å². The highest BCUT2D eigenvalue weighted by Crippen LogP contribution is 2.23. The zero-order chi connectivity index (χ0) is 17.1. The Morgan fingerprint density at radius 3 is 2.80 bits per heavy atom. The van der Waals surface area contributed by atoms with E-state index in [-0.39, 0.29) is 0 Å². The van der Waals surface area contributed by atoms with E-state index in [0.29, 0.717) is 13.1 Å². The molecule has 0 atom stereocenters. The van der Waals surface area contributed by atoms with Gasteiger partial charge >= 0.3 is 0 Å². The maximum Gasteiger partial charge on any atom is 0.152 e. The number of aromatic nitrogens is 5. The minimum atomic E-state index is 0.594. The number of furan rings is 1. The van der Waals surface area contributed by atoms with Crippen LogP contribution in [0.25, 0.3) is 17.1 Å². The SMILES string of the molecule is Cc1ccc(-c2[nH]ncc2CNCc2nncn2-c2ccccc2)o1. The zero-order valence-electron chi connectivity index (χ0n) is 13.8. The van der Waals surface area contributed by atoms with Crippen molar-refractivity contribution in [2.24, 2.45) is 0 Å². The van der Waals surface area contributed by atoms with Crippen LogP contribution in [0.2, 0.25) is 0 Å². The first-order chi connectivity index (χ1) is 12.3. The van der Waals surface area contributed by atoms with Gasteiger partial charge in [-0.1, -0.05) is 18.2 Å². The van der Waals surface area contributed by atoms with Crippen molar-refractivity contribution in [2.45, 2.75) is 20.0 Å². The van der Waals surface area contributed by atoms with Gasteiger partial charge in [-0.15, -0.1) is 10.2 Å². The third kappa shape index (κ3) is 3.22. The van der Waals surface area contributed by atoms with Crippen LogP contribution in [-0.2, 0) is 13.1 Å². The number of benzene rings is 1. The number of hydrogen-bond acceptors (Lipinski definition) is 5. The Labute approximate surface area is 144 Å². The quantitative estimate of drug-likeness (QED) is 0.566. The fourth-order valence-corrected chi connectivity index (χ4v) is 2.72. The lowest BCUT2D eigenvalue weighted by molar-refractivity contribution is 0.545. The minimum absolute atomic E-state index is 0.594. The number of nitrogens with one attached hydrogen (secondary N) is 2. The van der Waals surface area contributed by atoms with Gasteiger partial charge < -0.3 is 9.73 Å². The molecule has 0 aliphatic heterocycles. The maximum atomic E-state index is 5.67. The summed E-state index contributed by atoms with van der Waals surface area (Å²) in [6, 6.07) is 13.9. The average Bonchev–Trinajstić information content (AvgIpc) is 3.36. The third-order valence-corrected chi connectivity index (χ3v) is 3.96. The molecular formula is C18H18N6O. The van der Waals surface area contributed by atoms with Gasteiger partial charge in [0.1, 0.15) is 17.8 Å². The normalized spacial score (nSPS) is 11.1. The van der Waals surface area contributed by atoms with Crippen molar-refractivity contribution in [1.82, 2.24) is 30.3 Å². The van der Waals surface area contributed by atoms with Crippen LogP contribution in [0.4, 0.5) is 0 Å². The lowest BCUT2D eigenvalue weighted by Gasteiger charge is -2.07. The molecule has 0 fully saturated rings. The molecule has 1 aromatic carbocycles. The molecule has 0 spiro atoms. The third-order valence-electron chi connectivity index (χ3n) is 3.96. The minimum Gasteiger partial charge on any atom is -0.460 e.